The van der Waals surface area contributed by atoms with Crippen molar-refractivity contribution in [1.29, 1.82) is 0 Å². The molecule has 2 aromatic rings. The predicted molar refractivity (Wildman–Crippen MR) is 97.6 cm³/mol. The third-order valence-corrected chi connectivity index (χ3v) is 4.33. The fourth-order valence-electron chi connectivity index (χ4n) is 2.99. The molecule has 5 nitrogen and oxygen atoms in total. The van der Waals surface area contributed by atoms with Crippen molar-refractivity contribution in [3.63, 3.8) is 0 Å². The molecule has 25 heavy (non-hydrogen) atoms. The Morgan fingerprint density at radius 2 is 1.76 bits per heavy atom. The van der Waals surface area contributed by atoms with Gasteiger partial charge in [-0.1, -0.05) is 36.4 Å². The molecule has 5 heteroatoms. The summed E-state index contributed by atoms with van der Waals surface area (Å²) in [7, 11) is 3.23. The molecule has 1 N–H and O–H groups in total. The van der Waals surface area contributed by atoms with Crippen LogP contribution in [0.25, 0.3) is 5.57 Å². The van der Waals surface area contributed by atoms with Crippen molar-refractivity contribution in [2.75, 3.05) is 20.8 Å². The number of methoxy groups -OCH3 is 2. The first-order chi connectivity index (χ1) is 12.2. The van der Waals surface area contributed by atoms with Gasteiger partial charge in [0.2, 0.25) is 0 Å². The first-order valence-corrected chi connectivity index (χ1v) is 8.24. The Hall–Kier alpha value is -2.95. The van der Waals surface area contributed by atoms with Gasteiger partial charge in [-0.25, -0.2) is 4.79 Å². The summed E-state index contributed by atoms with van der Waals surface area (Å²) in [4.78, 5) is 14.0. The van der Waals surface area contributed by atoms with Crippen LogP contribution in [0.4, 0.5) is 4.79 Å². The van der Waals surface area contributed by atoms with Gasteiger partial charge in [-0.2, -0.15) is 0 Å². The van der Waals surface area contributed by atoms with E-state index in [2.05, 4.69) is 5.32 Å². The van der Waals surface area contributed by atoms with E-state index in [0.717, 1.165) is 16.7 Å². The Kier molecular flexibility index (Phi) is 4.93. The van der Waals surface area contributed by atoms with Gasteiger partial charge in [0.15, 0.2) is 11.5 Å². The summed E-state index contributed by atoms with van der Waals surface area (Å²) in [6.45, 7) is 2.55. The number of carbonyl (C=O) groups is 1. The van der Waals surface area contributed by atoms with Crippen molar-refractivity contribution in [3.05, 3.63) is 65.9 Å². The Morgan fingerprint density at radius 1 is 1.04 bits per heavy atom. The van der Waals surface area contributed by atoms with E-state index in [1.807, 2.05) is 61.7 Å². The molecule has 2 amide bonds. The highest BCUT2D eigenvalue weighted by Crippen LogP contribution is 2.37. The standard InChI is InChI=1S/C20H22N2O3/c1-4-22-13-16(15-10-11-17(24-2)18(12-15)25-3)19(21-20(22)23)14-8-6-5-7-9-14/h5-13,19H,4H2,1-3H3,(H,21,23). The predicted octanol–water partition coefficient (Wildman–Crippen LogP) is 3.83. The number of urea groups is 1. The van der Waals surface area contributed by atoms with Crippen LogP contribution in [-0.4, -0.2) is 31.7 Å². The minimum Gasteiger partial charge on any atom is -0.493 e. The van der Waals surface area contributed by atoms with E-state index >= 15 is 0 Å². The van der Waals surface area contributed by atoms with Gasteiger partial charge in [0, 0.05) is 18.3 Å². The second-order valence-corrected chi connectivity index (χ2v) is 5.73. The van der Waals surface area contributed by atoms with Crippen LogP contribution in [0.15, 0.2) is 54.7 Å². The zero-order valence-corrected chi connectivity index (χ0v) is 14.7. The van der Waals surface area contributed by atoms with Crippen molar-refractivity contribution in [3.8, 4) is 11.5 Å². The highest BCUT2D eigenvalue weighted by Gasteiger charge is 2.28. The molecule has 1 heterocycles. The average molecular weight is 338 g/mol. The molecule has 0 bridgehead atoms. The lowest BCUT2D eigenvalue weighted by Crippen LogP contribution is -2.43. The molecule has 0 radical (unpaired) electrons. The molecular formula is C20H22N2O3. The van der Waals surface area contributed by atoms with E-state index in [0.29, 0.717) is 18.0 Å². The second kappa shape index (κ2) is 7.30. The molecule has 1 aliphatic rings. The van der Waals surface area contributed by atoms with Crippen LogP contribution in [0, 0.1) is 0 Å². The molecule has 130 valence electrons. The SMILES string of the molecule is CCN1C=C(c2ccc(OC)c(OC)c2)C(c2ccccc2)NC1=O. The summed E-state index contributed by atoms with van der Waals surface area (Å²) >= 11 is 0. The van der Waals surface area contributed by atoms with Gasteiger partial charge in [-0.15, -0.1) is 0 Å². The van der Waals surface area contributed by atoms with Crippen molar-refractivity contribution in [1.82, 2.24) is 10.2 Å². The first-order valence-electron chi connectivity index (χ1n) is 8.24. The largest absolute Gasteiger partial charge is 0.493 e. The molecule has 0 fully saturated rings. The van der Waals surface area contributed by atoms with Crippen molar-refractivity contribution < 1.29 is 14.3 Å². The first kappa shape index (κ1) is 16.9. The quantitative estimate of drug-likeness (QED) is 0.901. The number of rotatable bonds is 5. The van der Waals surface area contributed by atoms with Gasteiger partial charge in [0.25, 0.3) is 0 Å². The summed E-state index contributed by atoms with van der Waals surface area (Å²) in [5, 5.41) is 3.09. The monoisotopic (exact) mass is 338 g/mol. The van der Waals surface area contributed by atoms with E-state index < -0.39 is 0 Å². The van der Waals surface area contributed by atoms with Crippen LogP contribution in [0.3, 0.4) is 0 Å². The number of carbonyl (C=O) groups excluding carboxylic acids is 1. The lowest BCUT2D eigenvalue weighted by atomic mass is 9.92. The normalized spacial score (nSPS) is 16.9. The van der Waals surface area contributed by atoms with Gasteiger partial charge >= 0.3 is 6.03 Å². The maximum atomic E-state index is 12.3. The molecule has 0 saturated carbocycles. The Balaban J connectivity index is 2.09. The van der Waals surface area contributed by atoms with Crippen LogP contribution < -0.4 is 14.8 Å². The molecule has 0 spiro atoms. The molecule has 3 rings (SSSR count). The molecular weight excluding hydrogens is 316 g/mol. The maximum Gasteiger partial charge on any atom is 0.322 e. The van der Waals surface area contributed by atoms with Crippen molar-refractivity contribution >= 4 is 11.6 Å². The van der Waals surface area contributed by atoms with Crippen LogP contribution in [0.1, 0.15) is 24.1 Å². The molecule has 0 aliphatic carbocycles. The van der Waals surface area contributed by atoms with Crippen LogP contribution in [-0.2, 0) is 0 Å². The number of nitrogens with zero attached hydrogens (tertiary/aromatic N) is 1. The Bertz CT molecular complexity index is 787. The van der Waals surface area contributed by atoms with E-state index in [1.165, 1.54) is 0 Å². The summed E-state index contributed by atoms with van der Waals surface area (Å²) in [6.07, 6.45) is 1.91. The summed E-state index contributed by atoms with van der Waals surface area (Å²) in [5.41, 5.74) is 3.02. The van der Waals surface area contributed by atoms with Crippen molar-refractivity contribution in [2.45, 2.75) is 13.0 Å². The van der Waals surface area contributed by atoms with E-state index in [9.17, 15) is 4.79 Å². The zero-order valence-electron chi connectivity index (χ0n) is 14.7. The third kappa shape index (κ3) is 3.31. The van der Waals surface area contributed by atoms with Crippen molar-refractivity contribution in [2.24, 2.45) is 0 Å². The van der Waals surface area contributed by atoms with Crippen LogP contribution in [0.5, 0.6) is 11.5 Å². The molecule has 1 atom stereocenters. The van der Waals surface area contributed by atoms with E-state index in [-0.39, 0.29) is 12.1 Å². The fraction of sp³-hybridized carbons (Fsp3) is 0.250. The topological polar surface area (TPSA) is 50.8 Å². The Labute approximate surface area is 147 Å². The van der Waals surface area contributed by atoms with Crippen LogP contribution >= 0.6 is 0 Å². The van der Waals surface area contributed by atoms with Gasteiger partial charge in [-0.05, 0) is 30.2 Å². The number of hydrogen-bond acceptors (Lipinski definition) is 3. The van der Waals surface area contributed by atoms with Gasteiger partial charge < -0.3 is 19.7 Å². The second-order valence-electron chi connectivity index (χ2n) is 5.73. The lowest BCUT2D eigenvalue weighted by Gasteiger charge is -2.32. The molecule has 0 aromatic heterocycles. The molecule has 0 saturated heterocycles. The highest BCUT2D eigenvalue weighted by atomic mass is 16.5. The van der Waals surface area contributed by atoms with Gasteiger partial charge in [-0.3, -0.25) is 0 Å². The summed E-state index contributed by atoms with van der Waals surface area (Å²) in [6, 6.07) is 15.4. The highest BCUT2D eigenvalue weighted by molar-refractivity contribution is 5.86. The maximum absolute atomic E-state index is 12.3. The number of hydrogen-bond donors (Lipinski definition) is 1. The fourth-order valence-corrected chi connectivity index (χ4v) is 2.99. The molecule has 1 aliphatic heterocycles. The number of benzene rings is 2. The summed E-state index contributed by atoms with van der Waals surface area (Å²) in [5.74, 6) is 1.34. The smallest absolute Gasteiger partial charge is 0.322 e. The van der Waals surface area contributed by atoms with Gasteiger partial charge in [0.05, 0.1) is 20.3 Å². The third-order valence-electron chi connectivity index (χ3n) is 4.33. The summed E-state index contributed by atoms with van der Waals surface area (Å²) < 4.78 is 10.8. The molecule has 2 aromatic carbocycles. The number of ether oxygens (including phenoxy) is 2. The van der Waals surface area contributed by atoms with E-state index in [1.54, 1.807) is 19.1 Å². The average Bonchev–Trinajstić information content (AvgIpc) is 2.67. The Morgan fingerprint density at radius 3 is 2.40 bits per heavy atom. The number of amides is 2. The minimum atomic E-state index is -0.213. The minimum absolute atomic E-state index is 0.0967. The zero-order chi connectivity index (χ0) is 17.8. The molecule has 1 unspecified atom stereocenters. The van der Waals surface area contributed by atoms with E-state index in [4.69, 9.17) is 9.47 Å². The lowest BCUT2D eigenvalue weighted by molar-refractivity contribution is 0.212. The van der Waals surface area contributed by atoms with Gasteiger partial charge in [0.1, 0.15) is 0 Å². The van der Waals surface area contributed by atoms with Crippen LogP contribution in [0.2, 0.25) is 0 Å². The number of nitrogens with one attached hydrogen (secondary N) is 1.